The average Bonchev–Trinajstić information content (AvgIpc) is 1.89. The van der Waals surface area contributed by atoms with Crippen molar-refractivity contribution in [3.8, 4) is 5.81 Å². The lowest BCUT2D eigenvalue weighted by Crippen LogP contribution is -1.92. The van der Waals surface area contributed by atoms with Crippen molar-refractivity contribution in [1.29, 1.82) is 5.26 Å². The third-order valence-electron chi connectivity index (χ3n) is 0.721. The zero-order valence-electron chi connectivity index (χ0n) is 6.74. The van der Waals surface area contributed by atoms with Gasteiger partial charge < -0.3 is 6.15 Å². The van der Waals surface area contributed by atoms with E-state index in [9.17, 15) is 4.57 Å². The summed E-state index contributed by atoms with van der Waals surface area (Å²) in [5.74, 6) is 1.49. The van der Waals surface area contributed by atoms with Crippen LogP contribution in [0.25, 0.3) is 0 Å². The van der Waals surface area contributed by atoms with Crippen molar-refractivity contribution in [3.63, 3.8) is 0 Å². The van der Waals surface area contributed by atoms with Crippen LogP contribution in [0, 0.1) is 11.1 Å². The molecule has 0 atom stereocenters. The Bertz CT molecular complexity index is 167. The second-order valence-corrected chi connectivity index (χ2v) is 3.14. The molecule has 11 heavy (non-hydrogen) atoms. The van der Waals surface area contributed by atoms with Crippen molar-refractivity contribution in [3.05, 3.63) is 0 Å². The maximum Gasteiger partial charge on any atom is 0.431 e. The van der Waals surface area contributed by atoms with Crippen LogP contribution in [0.3, 0.4) is 0 Å². The molecule has 0 aliphatic rings. The number of nitriles is 1. The average molecular weight is 180 g/mol. The van der Waals surface area contributed by atoms with Crippen molar-refractivity contribution in [2.75, 3.05) is 13.2 Å². The molecular formula is C5H13N2O3P. The minimum atomic E-state index is -3.39. The maximum absolute atomic E-state index is 11.0. The summed E-state index contributed by atoms with van der Waals surface area (Å²) in [5, 5.41) is 8.28. The minimum absolute atomic E-state index is 0. The summed E-state index contributed by atoms with van der Waals surface area (Å²) in [6, 6.07) is 0. The quantitative estimate of drug-likeness (QED) is 0.666. The molecule has 0 aromatic heterocycles. The van der Waals surface area contributed by atoms with Gasteiger partial charge in [-0.15, -0.1) is 0 Å². The van der Waals surface area contributed by atoms with E-state index < -0.39 is 7.60 Å². The summed E-state index contributed by atoms with van der Waals surface area (Å²) in [4.78, 5) is 0. The van der Waals surface area contributed by atoms with Gasteiger partial charge in [0.05, 0.1) is 13.2 Å². The van der Waals surface area contributed by atoms with Crippen LogP contribution in [0.2, 0.25) is 0 Å². The van der Waals surface area contributed by atoms with Gasteiger partial charge in [0.15, 0.2) is 5.81 Å². The topological polar surface area (TPSA) is 94.3 Å². The molecule has 0 aliphatic carbocycles. The molecule has 0 spiro atoms. The van der Waals surface area contributed by atoms with Crippen molar-refractivity contribution < 1.29 is 13.6 Å². The minimum Gasteiger partial charge on any atom is -0.344 e. The Hall–Kier alpha value is -0.400. The van der Waals surface area contributed by atoms with Gasteiger partial charge in [0, 0.05) is 0 Å². The van der Waals surface area contributed by atoms with Gasteiger partial charge in [-0.05, 0) is 13.8 Å². The smallest absolute Gasteiger partial charge is 0.344 e. The highest BCUT2D eigenvalue weighted by molar-refractivity contribution is 7.59. The van der Waals surface area contributed by atoms with E-state index in [-0.39, 0.29) is 19.4 Å². The van der Waals surface area contributed by atoms with Gasteiger partial charge in [0.25, 0.3) is 0 Å². The highest BCUT2D eigenvalue weighted by Gasteiger charge is 2.21. The van der Waals surface area contributed by atoms with Gasteiger partial charge in [0.1, 0.15) is 0 Å². The van der Waals surface area contributed by atoms with Crippen LogP contribution in [-0.2, 0) is 13.6 Å². The Labute approximate surface area is 66.4 Å². The zero-order chi connectivity index (χ0) is 8.04. The van der Waals surface area contributed by atoms with Crippen molar-refractivity contribution in [2.24, 2.45) is 0 Å². The summed E-state index contributed by atoms with van der Waals surface area (Å²) < 4.78 is 20.2. The molecule has 0 bridgehead atoms. The first-order valence-corrected chi connectivity index (χ1v) is 4.53. The zero-order valence-corrected chi connectivity index (χ0v) is 7.63. The van der Waals surface area contributed by atoms with Crippen LogP contribution >= 0.6 is 7.60 Å². The highest BCUT2D eigenvalue weighted by atomic mass is 31.2. The van der Waals surface area contributed by atoms with Gasteiger partial charge in [-0.2, -0.15) is 5.26 Å². The normalized spacial score (nSPS) is 9.91. The summed E-state index contributed by atoms with van der Waals surface area (Å²) in [7, 11) is -3.39. The number of nitrogens with zero attached hydrogens (tertiary/aromatic N) is 1. The van der Waals surface area contributed by atoms with Crippen molar-refractivity contribution >= 4 is 7.60 Å². The van der Waals surface area contributed by atoms with E-state index in [2.05, 4.69) is 9.05 Å². The van der Waals surface area contributed by atoms with Gasteiger partial charge in [-0.25, -0.2) is 4.57 Å². The van der Waals surface area contributed by atoms with E-state index in [4.69, 9.17) is 5.26 Å². The monoisotopic (exact) mass is 180 g/mol. The van der Waals surface area contributed by atoms with E-state index in [0.29, 0.717) is 0 Å². The third kappa shape index (κ3) is 4.93. The SMILES string of the molecule is CCOP(=O)(C#N)OCC.N. The Morgan fingerprint density at radius 3 is 1.91 bits per heavy atom. The van der Waals surface area contributed by atoms with E-state index >= 15 is 0 Å². The van der Waals surface area contributed by atoms with Gasteiger partial charge in [0.2, 0.25) is 0 Å². The maximum atomic E-state index is 11.0. The largest absolute Gasteiger partial charge is 0.431 e. The van der Waals surface area contributed by atoms with Crippen molar-refractivity contribution in [2.45, 2.75) is 13.8 Å². The molecule has 66 valence electrons. The fraction of sp³-hybridized carbons (Fsp3) is 0.800. The fourth-order valence-corrected chi connectivity index (χ4v) is 1.30. The highest BCUT2D eigenvalue weighted by Crippen LogP contribution is 2.46. The first kappa shape index (κ1) is 13.2. The summed E-state index contributed by atoms with van der Waals surface area (Å²) in [5.41, 5.74) is 0. The predicted molar refractivity (Wildman–Crippen MR) is 41.5 cm³/mol. The predicted octanol–water partition coefficient (Wildman–Crippen LogP) is 1.90. The van der Waals surface area contributed by atoms with Gasteiger partial charge >= 0.3 is 7.60 Å². The first-order valence-electron chi connectivity index (χ1n) is 2.99. The molecule has 6 heteroatoms. The lowest BCUT2D eigenvalue weighted by atomic mass is 10.9. The Kier molecular flexibility index (Phi) is 7.59. The van der Waals surface area contributed by atoms with E-state index in [1.807, 2.05) is 0 Å². The number of hydrogen-bond donors (Lipinski definition) is 1. The summed E-state index contributed by atoms with van der Waals surface area (Å²) in [6.07, 6.45) is 0. The Morgan fingerprint density at radius 2 is 1.73 bits per heavy atom. The lowest BCUT2D eigenvalue weighted by Gasteiger charge is -2.06. The van der Waals surface area contributed by atoms with E-state index in [1.165, 1.54) is 5.81 Å². The van der Waals surface area contributed by atoms with Crippen LogP contribution in [-0.4, -0.2) is 13.2 Å². The van der Waals surface area contributed by atoms with Crippen LogP contribution < -0.4 is 6.15 Å². The van der Waals surface area contributed by atoms with Crippen molar-refractivity contribution in [1.82, 2.24) is 6.15 Å². The van der Waals surface area contributed by atoms with Crippen LogP contribution in [0.4, 0.5) is 0 Å². The molecule has 0 fully saturated rings. The standard InChI is InChI=1S/C5H10NO3P.H3N/c1-3-8-10(7,5-6)9-4-2;/h3-4H2,1-2H3;1H3. The molecule has 0 radical (unpaired) electrons. The molecule has 0 amide bonds. The second-order valence-electron chi connectivity index (χ2n) is 1.43. The fourth-order valence-electron chi connectivity index (χ4n) is 0.435. The molecule has 3 N–H and O–H groups in total. The molecule has 0 saturated carbocycles. The molecule has 5 nitrogen and oxygen atoms in total. The van der Waals surface area contributed by atoms with Crippen LogP contribution in [0.5, 0.6) is 0 Å². The Morgan fingerprint density at radius 1 is 1.36 bits per heavy atom. The van der Waals surface area contributed by atoms with E-state index in [1.54, 1.807) is 13.8 Å². The molecular weight excluding hydrogens is 167 g/mol. The Balaban J connectivity index is 0. The molecule has 0 saturated heterocycles. The second kappa shape index (κ2) is 6.32. The molecule has 0 aromatic carbocycles. The van der Waals surface area contributed by atoms with Gasteiger partial charge in [-0.3, -0.25) is 9.05 Å². The molecule has 0 unspecified atom stereocenters. The van der Waals surface area contributed by atoms with Crippen LogP contribution in [0.1, 0.15) is 13.8 Å². The summed E-state index contributed by atoms with van der Waals surface area (Å²) in [6.45, 7) is 3.77. The van der Waals surface area contributed by atoms with E-state index in [0.717, 1.165) is 0 Å². The number of rotatable bonds is 4. The first-order chi connectivity index (χ1) is 4.68. The lowest BCUT2D eigenvalue weighted by molar-refractivity contribution is 0.230. The molecule has 0 aromatic rings. The molecule has 0 aliphatic heterocycles. The van der Waals surface area contributed by atoms with Crippen LogP contribution in [0.15, 0.2) is 0 Å². The summed E-state index contributed by atoms with van der Waals surface area (Å²) >= 11 is 0. The molecule has 0 rings (SSSR count). The number of hydrogen-bond acceptors (Lipinski definition) is 5. The third-order valence-corrected chi connectivity index (χ3v) is 2.16. The molecule has 0 heterocycles. The van der Waals surface area contributed by atoms with Gasteiger partial charge in [-0.1, -0.05) is 0 Å².